The molecule has 0 saturated heterocycles. The van der Waals surface area contributed by atoms with Gasteiger partial charge in [0.1, 0.15) is 0 Å². The van der Waals surface area contributed by atoms with Crippen molar-refractivity contribution in [3.8, 4) is 28.7 Å². The molecule has 0 spiro atoms. The van der Waals surface area contributed by atoms with Crippen LogP contribution >= 0.6 is 0 Å². The molecular weight excluding hydrogens is 400 g/mol. The lowest BCUT2D eigenvalue weighted by atomic mass is 10.1. The van der Waals surface area contributed by atoms with E-state index in [4.69, 9.17) is 23.7 Å². The van der Waals surface area contributed by atoms with Gasteiger partial charge in [0.25, 0.3) is 0 Å². The highest BCUT2D eigenvalue weighted by Crippen LogP contribution is 2.39. The van der Waals surface area contributed by atoms with Gasteiger partial charge in [0, 0.05) is 37.3 Å². The van der Waals surface area contributed by atoms with Gasteiger partial charge in [0.2, 0.25) is 11.7 Å². The van der Waals surface area contributed by atoms with Gasteiger partial charge in [0.15, 0.2) is 23.0 Å². The predicted molar refractivity (Wildman–Crippen MR) is 120 cm³/mol. The molecule has 0 unspecified atom stereocenters. The first-order valence-corrected chi connectivity index (χ1v) is 9.95. The molecule has 0 aliphatic heterocycles. The van der Waals surface area contributed by atoms with E-state index in [-0.39, 0.29) is 5.91 Å². The van der Waals surface area contributed by atoms with E-state index in [1.807, 2.05) is 25.2 Å². The Bertz CT molecular complexity index is 846. The second-order valence-electron chi connectivity index (χ2n) is 6.95. The first-order chi connectivity index (χ1) is 14.9. The maximum absolute atomic E-state index is 12.4. The topological polar surface area (TPSA) is 78.5 Å². The summed E-state index contributed by atoms with van der Waals surface area (Å²) in [5, 5.41) is 2.89. The highest BCUT2D eigenvalue weighted by atomic mass is 16.5. The van der Waals surface area contributed by atoms with Crippen LogP contribution in [0.5, 0.6) is 28.7 Å². The van der Waals surface area contributed by atoms with Crippen LogP contribution in [-0.4, -0.2) is 66.5 Å². The molecule has 0 fully saturated rings. The second-order valence-corrected chi connectivity index (χ2v) is 6.95. The number of nitrogens with zero attached hydrogens (tertiary/aromatic N) is 1. The van der Waals surface area contributed by atoms with Crippen LogP contribution in [0.15, 0.2) is 30.3 Å². The average molecular weight is 433 g/mol. The largest absolute Gasteiger partial charge is 0.493 e. The first-order valence-electron chi connectivity index (χ1n) is 9.95. The number of likely N-dealkylation sites (N-methyl/N-ethyl adjacent to an activating group) is 1. The maximum atomic E-state index is 12.4. The van der Waals surface area contributed by atoms with E-state index >= 15 is 0 Å². The number of carbonyl (C=O) groups excluding carboxylic acids is 1. The molecule has 2 aromatic rings. The van der Waals surface area contributed by atoms with E-state index in [0.717, 1.165) is 18.5 Å². The number of benzene rings is 2. The molecular formula is C23H32N2O6. The van der Waals surface area contributed by atoms with E-state index in [1.165, 1.54) is 21.3 Å². The van der Waals surface area contributed by atoms with Crippen molar-refractivity contribution in [2.24, 2.45) is 0 Å². The summed E-state index contributed by atoms with van der Waals surface area (Å²) in [6.07, 6.45) is 1.20. The fraction of sp³-hybridized carbons (Fsp3) is 0.435. The smallest absolute Gasteiger partial charge is 0.225 e. The monoisotopic (exact) mass is 432 g/mol. The molecule has 8 heteroatoms. The first kappa shape index (κ1) is 24.1. The van der Waals surface area contributed by atoms with Crippen LogP contribution in [0.25, 0.3) is 0 Å². The van der Waals surface area contributed by atoms with Gasteiger partial charge < -0.3 is 33.9 Å². The Morgan fingerprint density at radius 2 is 1.42 bits per heavy atom. The number of anilines is 1. The van der Waals surface area contributed by atoms with Crippen LogP contribution in [0.2, 0.25) is 0 Å². The van der Waals surface area contributed by atoms with Crippen molar-refractivity contribution in [2.45, 2.75) is 12.8 Å². The van der Waals surface area contributed by atoms with E-state index in [9.17, 15) is 4.79 Å². The molecule has 2 rings (SSSR count). The number of methoxy groups -OCH3 is 5. The Balaban J connectivity index is 1.87. The third kappa shape index (κ3) is 6.68. The summed E-state index contributed by atoms with van der Waals surface area (Å²) in [5.41, 5.74) is 1.74. The zero-order chi connectivity index (χ0) is 22.8. The molecule has 0 heterocycles. The Hall–Kier alpha value is -3.13. The summed E-state index contributed by atoms with van der Waals surface area (Å²) in [6.45, 7) is 1.44. The van der Waals surface area contributed by atoms with Gasteiger partial charge in [-0.15, -0.1) is 0 Å². The minimum Gasteiger partial charge on any atom is -0.493 e. The number of rotatable bonds is 12. The van der Waals surface area contributed by atoms with Crippen LogP contribution in [-0.2, 0) is 11.2 Å². The van der Waals surface area contributed by atoms with E-state index in [0.29, 0.717) is 47.4 Å². The lowest BCUT2D eigenvalue weighted by Gasteiger charge is -2.18. The van der Waals surface area contributed by atoms with Crippen molar-refractivity contribution >= 4 is 11.6 Å². The third-order valence-electron chi connectivity index (χ3n) is 4.90. The van der Waals surface area contributed by atoms with Gasteiger partial charge in [-0.1, -0.05) is 6.07 Å². The summed E-state index contributed by atoms with van der Waals surface area (Å²) in [6, 6.07) is 9.31. The van der Waals surface area contributed by atoms with Crippen LogP contribution in [0.3, 0.4) is 0 Å². The van der Waals surface area contributed by atoms with Crippen LogP contribution in [0.1, 0.15) is 12.0 Å². The fourth-order valence-electron chi connectivity index (χ4n) is 3.14. The van der Waals surface area contributed by atoms with Crippen LogP contribution in [0.4, 0.5) is 5.69 Å². The molecule has 0 saturated carbocycles. The highest BCUT2D eigenvalue weighted by Gasteiger charge is 2.15. The zero-order valence-corrected chi connectivity index (χ0v) is 19.1. The van der Waals surface area contributed by atoms with Crippen molar-refractivity contribution in [2.75, 3.05) is 61.0 Å². The molecule has 0 atom stereocenters. The highest BCUT2D eigenvalue weighted by molar-refractivity contribution is 5.91. The minimum atomic E-state index is -0.0905. The maximum Gasteiger partial charge on any atom is 0.225 e. The normalized spacial score (nSPS) is 10.5. The summed E-state index contributed by atoms with van der Waals surface area (Å²) in [5.74, 6) is 2.80. The fourth-order valence-corrected chi connectivity index (χ4v) is 3.14. The van der Waals surface area contributed by atoms with Crippen molar-refractivity contribution in [3.63, 3.8) is 0 Å². The van der Waals surface area contributed by atoms with E-state index in [2.05, 4.69) is 10.2 Å². The minimum absolute atomic E-state index is 0.0905. The molecule has 0 bridgehead atoms. The summed E-state index contributed by atoms with van der Waals surface area (Å²) in [7, 11) is 9.85. The van der Waals surface area contributed by atoms with Crippen molar-refractivity contribution < 1.29 is 28.5 Å². The molecule has 0 aliphatic rings. The molecule has 0 aromatic heterocycles. The molecule has 31 heavy (non-hydrogen) atoms. The molecule has 0 aliphatic carbocycles. The molecule has 1 amide bonds. The van der Waals surface area contributed by atoms with Crippen LogP contribution < -0.4 is 29.0 Å². The van der Waals surface area contributed by atoms with Crippen LogP contribution in [0, 0.1) is 0 Å². The Morgan fingerprint density at radius 1 is 0.806 bits per heavy atom. The van der Waals surface area contributed by atoms with Gasteiger partial charge >= 0.3 is 0 Å². The van der Waals surface area contributed by atoms with Gasteiger partial charge in [-0.2, -0.15) is 0 Å². The predicted octanol–water partition coefficient (Wildman–Crippen LogP) is 3.23. The molecule has 8 nitrogen and oxygen atoms in total. The zero-order valence-electron chi connectivity index (χ0n) is 19.1. The van der Waals surface area contributed by atoms with Crippen molar-refractivity contribution in [1.29, 1.82) is 0 Å². The Morgan fingerprint density at radius 3 is 1.97 bits per heavy atom. The van der Waals surface area contributed by atoms with Gasteiger partial charge in [0.05, 0.1) is 35.5 Å². The summed E-state index contributed by atoms with van der Waals surface area (Å²) >= 11 is 0. The molecule has 0 radical (unpaired) electrons. The number of carbonyl (C=O) groups is 1. The molecule has 1 N–H and O–H groups in total. The number of hydrogen-bond acceptors (Lipinski definition) is 7. The van der Waals surface area contributed by atoms with E-state index in [1.54, 1.807) is 26.4 Å². The van der Waals surface area contributed by atoms with E-state index < -0.39 is 0 Å². The molecule has 170 valence electrons. The third-order valence-corrected chi connectivity index (χ3v) is 4.90. The Labute approximate surface area is 184 Å². The van der Waals surface area contributed by atoms with Gasteiger partial charge in [-0.25, -0.2) is 0 Å². The molecule has 2 aromatic carbocycles. The number of ether oxygens (including phenoxy) is 5. The summed E-state index contributed by atoms with van der Waals surface area (Å²) in [4.78, 5) is 14.5. The lowest BCUT2D eigenvalue weighted by Crippen LogP contribution is -2.26. The summed E-state index contributed by atoms with van der Waals surface area (Å²) < 4.78 is 26.6. The number of hydrogen-bond donors (Lipinski definition) is 1. The SMILES string of the molecule is COc1ccc(CCN(C)CCC(=O)Nc2cc(OC)c(OC)c(OC)c2)cc1OC. The lowest BCUT2D eigenvalue weighted by molar-refractivity contribution is -0.116. The van der Waals surface area contributed by atoms with Gasteiger partial charge in [-0.3, -0.25) is 4.79 Å². The number of nitrogens with one attached hydrogen (secondary N) is 1. The van der Waals surface area contributed by atoms with Crippen molar-refractivity contribution in [1.82, 2.24) is 4.90 Å². The van der Waals surface area contributed by atoms with Crippen molar-refractivity contribution in [3.05, 3.63) is 35.9 Å². The number of amides is 1. The standard InChI is InChI=1S/C23H32N2O6/c1-25(11-9-16-7-8-18(27-2)19(13-16)28-3)12-10-22(26)24-17-14-20(29-4)23(31-6)21(15-17)30-5/h7-8,13-15H,9-12H2,1-6H3,(H,24,26). The quantitative estimate of drug-likeness (QED) is 0.552. The second kappa shape index (κ2) is 11.9. The Kier molecular flexibility index (Phi) is 9.27. The van der Waals surface area contributed by atoms with Gasteiger partial charge in [-0.05, 0) is 31.2 Å². The average Bonchev–Trinajstić information content (AvgIpc) is 2.80.